The van der Waals surface area contributed by atoms with Crippen LogP contribution in [-0.2, 0) is 13.0 Å². The first kappa shape index (κ1) is 14.6. The van der Waals surface area contributed by atoms with E-state index in [1.807, 2.05) is 18.3 Å². The summed E-state index contributed by atoms with van der Waals surface area (Å²) < 4.78 is 0. The average Bonchev–Trinajstić information content (AvgIpc) is 2.53. The molecule has 0 spiro atoms. The first-order chi connectivity index (χ1) is 10.3. The molecule has 3 rings (SSSR count). The number of pyridine rings is 1. The van der Waals surface area contributed by atoms with E-state index < -0.39 is 0 Å². The number of hydrogen-bond acceptors (Lipinski definition) is 2. The fourth-order valence-electron chi connectivity index (χ4n) is 3.22. The van der Waals surface area contributed by atoms with Gasteiger partial charge in [0.25, 0.3) is 0 Å². The third kappa shape index (κ3) is 3.12. The number of aromatic nitrogens is 1. The van der Waals surface area contributed by atoms with E-state index in [0.29, 0.717) is 5.92 Å². The molecule has 1 aliphatic rings. The van der Waals surface area contributed by atoms with E-state index in [0.717, 1.165) is 31.0 Å². The van der Waals surface area contributed by atoms with Crippen molar-refractivity contribution in [1.29, 1.82) is 0 Å². The summed E-state index contributed by atoms with van der Waals surface area (Å²) in [5.74, 6) is 0.377. The van der Waals surface area contributed by atoms with E-state index in [1.165, 1.54) is 28.8 Å². The van der Waals surface area contributed by atoms with Gasteiger partial charge < -0.3 is 5.32 Å². The van der Waals surface area contributed by atoms with Gasteiger partial charge in [-0.3, -0.25) is 4.98 Å². The van der Waals surface area contributed by atoms with Gasteiger partial charge in [-0.15, -0.1) is 0 Å². The molecule has 0 aliphatic heterocycles. The zero-order valence-electron chi connectivity index (χ0n) is 12.4. The van der Waals surface area contributed by atoms with Gasteiger partial charge in [-0.2, -0.15) is 0 Å². The Morgan fingerprint density at radius 1 is 1.33 bits per heavy atom. The molecule has 1 heterocycles. The van der Waals surface area contributed by atoms with Crippen molar-refractivity contribution in [2.45, 2.75) is 38.6 Å². The molecule has 2 nitrogen and oxygen atoms in total. The normalized spacial score (nSPS) is 17.5. The fourth-order valence-corrected chi connectivity index (χ4v) is 3.40. The lowest BCUT2D eigenvalue weighted by Crippen LogP contribution is -2.18. The first-order valence-corrected chi connectivity index (χ1v) is 8.10. The van der Waals surface area contributed by atoms with E-state index in [2.05, 4.69) is 35.4 Å². The highest BCUT2D eigenvalue weighted by atomic mass is 35.5. The van der Waals surface area contributed by atoms with Gasteiger partial charge in [-0.1, -0.05) is 30.7 Å². The van der Waals surface area contributed by atoms with Crippen LogP contribution in [0.3, 0.4) is 0 Å². The van der Waals surface area contributed by atoms with E-state index in [1.54, 1.807) is 0 Å². The van der Waals surface area contributed by atoms with Crippen LogP contribution in [0.15, 0.2) is 36.5 Å². The Hall–Kier alpha value is -1.38. The second-order valence-corrected chi connectivity index (χ2v) is 6.05. The summed E-state index contributed by atoms with van der Waals surface area (Å²) in [4.78, 5) is 4.66. The zero-order valence-corrected chi connectivity index (χ0v) is 13.2. The van der Waals surface area contributed by atoms with Crippen molar-refractivity contribution >= 4 is 11.6 Å². The predicted octanol–water partition coefficient (Wildman–Crippen LogP) is 4.31. The van der Waals surface area contributed by atoms with Gasteiger partial charge in [0.15, 0.2) is 0 Å². The molecule has 0 saturated carbocycles. The monoisotopic (exact) mass is 300 g/mol. The largest absolute Gasteiger partial charge is 0.313 e. The SMILES string of the molecule is CCNCc1ccc(Cl)cc1C1CCCc2cccnc21. The summed E-state index contributed by atoms with van der Waals surface area (Å²) in [6, 6.07) is 10.5. The van der Waals surface area contributed by atoms with E-state index in [4.69, 9.17) is 11.6 Å². The van der Waals surface area contributed by atoms with Gasteiger partial charge in [-0.25, -0.2) is 0 Å². The van der Waals surface area contributed by atoms with Crippen LogP contribution in [0.25, 0.3) is 0 Å². The van der Waals surface area contributed by atoms with Crippen LogP contribution in [0.1, 0.15) is 48.1 Å². The molecule has 1 unspecified atom stereocenters. The summed E-state index contributed by atoms with van der Waals surface area (Å²) in [5, 5.41) is 4.24. The Kier molecular flexibility index (Phi) is 4.57. The van der Waals surface area contributed by atoms with Crippen molar-refractivity contribution in [3.05, 3.63) is 63.9 Å². The van der Waals surface area contributed by atoms with E-state index >= 15 is 0 Å². The second kappa shape index (κ2) is 6.59. The highest BCUT2D eigenvalue weighted by molar-refractivity contribution is 6.30. The number of halogens is 1. The summed E-state index contributed by atoms with van der Waals surface area (Å²) in [6.45, 7) is 4.00. The van der Waals surface area contributed by atoms with Gasteiger partial charge >= 0.3 is 0 Å². The number of rotatable bonds is 4. The lowest BCUT2D eigenvalue weighted by Gasteiger charge is -2.26. The van der Waals surface area contributed by atoms with Crippen LogP contribution in [0.2, 0.25) is 5.02 Å². The predicted molar refractivity (Wildman–Crippen MR) is 87.9 cm³/mol. The number of aryl methyl sites for hydroxylation is 1. The van der Waals surface area contributed by atoms with Crippen LogP contribution in [0, 0.1) is 0 Å². The number of nitrogens with zero attached hydrogens (tertiary/aromatic N) is 1. The van der Waals surface area contributed by atoms with Gasteiger partial charge in [0.05, 0.1) is 5.69 Å². The molecule has 1 N–H and O–H groups in total. The molecule has 21 heavy (non-hydrogen) atoms. The van der Waals surface area contributed by atoms with Crippen molar-refractivity contribution in [2.24, 2.45) is 0 Å². The summed E-state index contributed by atoms with van der Waals surface area (Å²) in [5.41, 5.74) is 5.31. The van der Waals surface area contributed by atoms with Crippen LogP contribution < -0.4 is 5.32 Å². The van der Waals surface area contributed by atoms with Gasteiger partial charge in [-0.05, 0) is 60.7 Å². The molecule has 0 saturated heterocycles. The Labute approximate surface area is 131 Å². The topological polar surface area (TPSA) is 24.9 Å². The summed E-state index contributed by atoms with van der Waals surface area (Å²) >= 11 is 6.26. The van der Waals surface area contributed by atoms with E-state index in [-0.39, 0.29) is 0 Å². The molecule has 1 aromatic carbocycles. The third-order valence-corrected chi connectivity index (χ3v) is 4.48. The molecule has 2 aromatic rings. The zero-order chi connectivity index (χ0) is 14.7. The maximum absolute atomic E-state index is 6.26. The Morgan fingerprint density at radius 3 is 3.10 bits per heavy atom. The highest BCUT2D eigenvalue weighted by Gasteiger charge is 2.24. The van der Waals surface area contributed by atoms with Crippen molar-refractivity contribution in [1.82, 2.24) is 10.3 Å². The number of nitrogens with one attached hydrogen (secondary N) is 1. The lowest BCUT2D eigenvalue weighted by molar-refractivity contribution is 0.590. The van der Waals surface area contributed by atoms with E-state index in [9.17, 15) is 0 Å². The smallest absolute Gasteiger partial charge is 0.0510 e. The number of fused-ring (bicyclic) bond motifs is 1. The van der Waals surface area contributed by atoms with Crippen molar-refractivity contribution in [2.75, 3.05) is 6.54 Å². The third-order valence-electron chi connectivity index (χ3n) is 4.24. The standard InChI is InChI=1S/C18H21ClN2/c1-2-20-12-14-8-9-15(19)11-17(14)16-7-3-5-13-6-4-10-21-18(13)16/h4,6,8-11,16,20H,2-3,5,7,12H2,1H3. The molecule has 3 heteroatoms. The minimum absolute atomic E-state index is 0.377. The van der Waals surface area contributed by atoms with Gasteiger partial charge in [0, 0.05) is 23.7 Å². The Balaban J connectivity index is 2.02. The first-order valence-electron chi connectivity index (χ1n) is 7.72. The summed E-state index contributed by atoms with van der Waals surface area (Å²) in [7, 11) is 0. The molecule has 1 aromatic heterocycles. The molecular weight excluding hydrogens is 280 g/mol. The fraction of sp³-hybridized carbons (Fsp3) is 0.389. The lowest BCUT2D eigenvalue weighted by atomic mass is 9.80. The second-order valence-electron chi connectivity index (χ2n) is 5.62. The quantitative estimate of drug-likeness (QED) is 0.910. The highest BCUT2D eigenvalue weighted by Crippen LogP contribution is 2.37. The van der Waals surface area contributed by atoms with Crippen molar-refractivity contribution < 1.29 is 0 Å². The van der Waals surface area contributed by atoms with Crippen LogP contribution in [0.5, 0.6) is 0 Å². The minimum atomic E-state index is 0.377. The minimum Gasteiger partial charge on any atom is -0.313 e. The van der Waals surface area contributed by atoms with Crippen molar-refractivity contribution in [3.63, 3.8) is 0 Å². The summed E-state index contributed by atoms with van der Waals surface area (Å²) in [6.07, 6.45) is 5.43. The Morgan fingerprint density at radius 2 is 2.24 bits per heavy atom. The van der Waals surface area contributed by atoms with Gasteiger partial charge in [0.1, 0.15) is 0 Å². The van der Waals surface area contributed by atoms with Crippen LogP contribution in [0.4, 0.5) is 0 Å². The molecule has 0 bridgehead atoms. The average molecular weight is 301 g/mol. The number of hydrogen-bond donors (Lipinski definition) is 1. The molecular formula is C18H21ClN2. The molecule has 0 amide bonds. The Bertz CT molecular complexity index is 624. The maximum atomic E-state index is 6.26. The van der Waals surface area contributed by atoms with Crippen molar-refractivity contribution in [3.8, 4) is 0 Å². The molecule has 110 valence electrons. The molecule has 1 aliphatic carbocycles. The number of benzene rings is 1. The maximum Gasteiger partial charge on any atom is 0.0510 e. The van der Waals surface area contributed by atoms with Gasteiger partial charge in [0.2, 0.25) is 0 Å². The van der Waals surface area contributed by atoms with Crippen LogP contribution >= 0.6 is 11.6 Å². The van der Waals surface area contributed by atoms with Crippen LogP contribution in [-0.4, -0.2) is 11.5 Å². The molecule has 0 radical (unpaired) electrons. The molecule has 1 atom stereocenters. The molecule has 0 fully saturated rings.